The lowest BCUT2D eigenvalue weighted by atomic mass is 9.81. The van der Waals surface area contributed by atoms with E-state index < -0.39 is 17.2 Å². The molecule has 32 heavy (non-hydrogen) atoms. The summed E-state index contributed by atoms with van der Waals surface area (Å²) in [7, 11) is 1.54. The lowest BCUT2D eigenvalue weighted by molar-refractivity contribution is 0.101. The first kappa shape index (κ1) is 21.0. The van der Waals surface area contributed by atoms with Crippen LogP contribution in [0.3, 0.4) is 0 Å². The van der Waals surface area contributed by atoms with Crippen LogP contribution in [0.25, 0.3) is 0 Å². The maximum atomic E-state index is 12.8. The van der Waals surface area contributed by atoms with E-state index in [1.165, 1.54) is 24.1 Å². The second kappa shape index (κ2) is 8.89. The molecule has 0 aliphatic rings. The molecular formula is C24H22N4O4. The van der Waals surface area contributed by atoms with Gasteiger partial charge in [-0.15, -0.1) is 0 Å². The van der Waals surface area contributed by atoms with Gasteiger partial charge in [0.2, 0.25) is 5.75 Å². The average Bonchev–Trinajstić information content (AvgIpc) is 3.32. The van der Waals surface area contributed by atoms with Crippen molar-refractivity contribution in [1.82, 2.24) is 14.7 Å². The van der Waals surface area contributed by atoms with Crippen molar-refractivity contribution >= 4 is 11.6 Å². The molecule has 162 valence electrons. The molecule has 2 N–H and O–H groups in total. The summed E-state index contributed by atoms with van der Waals surface area (Å²) in [4.78, 5) is 29.9. The van der Waals surface area contributed by atoms with E-state index in [0.717, 1.165) is 11.1 Å². The highest BCUT2D eigenvalue weighted by Gasteiger charge is 2.29. The molecule has 4 aromatic rings. The van der Waals surface area contributed by atoms with Gasteiger partial charge < -0.3 is 14.9 Å². The van der Waals surface area contributed by atoms with Crippen molar-refractivity contribution in [3.8, 4) is 5.75 Å². The van der Waals surface area contributed by atoms with Crippen molar-refractivity contribution in [1.29, 1.82) is 0 Å². The van der Waals surface area contributed by atoms with Gasteiger partial charge in [0.05, 0.1) is 6.20 Å². The molecule has 1 unspecified atom stereocenters. The summed E-state index contributed by atoms with van der Waals surface area (Å²) in [5.74, 6) is -1.49. The molecule has 0 spiro atoms. The number of anilines is 1. The van der Waals surface area contributed by atoms with Crippen LogP contribution < -0.4 is 10.9 Å². The topological polar surface area (TPSA) is 110 Å². The number of nitrogens with zero attached hydrogens (tertiary/aromatic N) is 3. The molecule has 0 saturated carbocycles. The van der Waals surface area contributed by atoms with Crippen LogP contribution in [0.1, 0.15) is 46.2 Å². The Kier molecular flexibility index (Phi) is 5.85. The summed E-state index contributed by atoms with van der Waals surface area (Å²) >= 11 is 0. The summed E-state index contributed by atoms with van der Waals surface area (Å²) in [5, 5.41) is 16.4. The Labute approximate surface area is 184 Å². The normalized spacial score (nSPS) is 12.0. The van der Waals surface area contributed by atoms with Crippen molar-refractivity contribution in [2.45, 2.75) is 18.8 Å². The van der Waals surface area contributed by atoms with Gasteiger partial charge in [-0.25, -0.2) is 4.98 Å². The molecule has 4 rings (SSSR count). The van der Waals surface area contributed by atoms with Gasteiger partial charge in [0.15, 0.2) is 5.69 Å². The lowest BCUT2D eigenvalue weighted by Gasteiger charge is -2.26. The molecule has 2 heterocycles. The van der Waals surface area contributed by atoms with Gasteiger partial charge in [0.1, 0.15) is 17.8 Å². The fourth-order valence-electron chi connectivity index (χ4n) is 3.87. The van der Waals surface area contributed by atoms with Gasteiger partial charge in [-0.1, -0.05) is 72.7 Å². The maximum Gasteiger partial charge on any atom is 0.296 e. The highest BCUT2D eigenvalue weighted by Crippen LogP contribution is 2.37. The van der Waals surface area contributed by atoms with E-state index in [0.29, 0.717) is 5.82 Å². The largest absolute Gasteiger partial charge is 0.501 e. The molecule has 8 nitrogen and oxygen atoms in total. The van der Waals surface area contributed by atoms with E-state index >= 15 is 0 Å². The zero-order valence-electron chi connectivity index (χ0n) is 17.6. The summed E-state index contributed by atoms with van der Waals surface area (Å²) in [6.45, 7) is 1.95. The van der Waals surface area contributed by atoms with Crippen molar-refractivity contribution in [3.05, 3.63) is 106 Å². The van der Waals surface area contributed by atoms with Gasteiger partial charge in [-0.05, 0) is 11.1 Å². The minimum Gasteiger partial charge on any atom is -0.501 e. The van der Waals surface area contributed by atoms with Crippen molar-refractivity contribution in [2.24, 2.45) is 7.05 Å². The molecule has 8 heteroatoms. The standard InChI is InChI=1S/C24H22N4O4/c1-15(19(16-9-5-3-6-10-16)17-11-7-4-8-12-17)22-27-20(21(29)24(31)28(22)2)23(30)26-18-13-25-32-14-18/h3-15,19,29H,1-2H3,(H,26,30). The highest BCUT2D eigenvalue weighted by atomic mass is 16.5. The monoisotopic (exact) mass is 430 g/mol. The second-order valence-electron chi connectivity index (χ2n) is 7.49. The summed E-state index contributed by atoms with van der Waals surface area (Å²) < 4.78 is 5.99. The number of rotatable bonds is 6. The van der Waals surface area contributed by atoms with Crippen LogP contribution in [0, 0.1) is 0 Å². The number of carbonyl (C=O) groups excluding carboxylic acids is 1. The Morgan fingerprint density at radius 2 is 1.66 bits per heavy atom. The third-order valence-corrected chi connectivity index (χ3v) is 5.43. The number of hydrogen-bond acceptors (Lipinski definition) is 6. The predicted molar refractivity (Wildman–Crippen MR) is 119 cm³/mol. The highest BCUT2D eigenvalue weighted by molar-refractivity contribution is 6.04. The zero-order valence-corrected chi connectivity index (χ0v) is 17.6. The molecule has 1 amide bonds. The first-order valence-corrected chi connectivity index (χ1v) is 10.1. The van der Waals surface area contributed by atoms with E-state index in [2.05, 4.69) is 15.5 Å². The van der Waals surface area contributed by atoms with E-state index in [9.17, 15) is 14.7 Å². The number of aromatic hydroxyl groups is 1. The van der Waals surface area contributed by atoms with E-state index in [4.69, 9.17) is 4.52 Å². The fraction of sp³-hybridized carbons (Fsp3) is 0.167. The lowest BCUT2D eigenvalue weighted by Crippen LogP contribution is -2.29. The molecule has 0 radical (unpaired) electrons. The maximum absolute atomic E-state index is 12.8. The minimum absolute atomic E-state index is 0.131. The van der Waals surface area contributed by atoms with Crippen LogP contribution in [-0.2, 0) is 7.05 Å². The molecule has 0 aliphatic carbocycles. The first-order valence-electron chi connectivity index (χ1n) is 10.1. The van der Waals surface area contributed by atoms with Crippen molar-refractivity contribution in [3.63, 3.8) is 0 Å². The molecule has 0 fully saturated rings. The Morgan fingerprint density at radius 3 is 2.19 bits per heavy atom. The number of hydrogen-bond donors (Lipinski definition) is 2. The van der Waals surface area contributed by atoms with E-state index in [1.807, 2.05) is 67.6 Å². The van der Waals surface area contributed by atoms with Crippen molar-refractivity contribution < 1.29 is 14.4 Å². The van der Waals surface area contributed by atoms with Gasteiger partial charge in [-0.3, -0.25) is 14.2 Å². The Bertz CT molecular complexity index is 1230. The molecule has 1 atom stereocenters. The molecular weight excluding hydrogens is 408 g/mol. The van der Waals surface area contributed by atoms with Gasteiger partial charge in [0.25, 0.3) is 11.5 Å². The first-order chi connectivity index (χ1) is 15.5. The molecule has 0 bridgehead atoms. The van der Waals surface area contributed by atoms with Crippen LogP contribution in [0.5, 0.6) is 5.75 Å². The SMILES string of the molecule is CC(c1nc(C(=O)Nc2cnoc2)c(O)c(=O)n1C)C(c1ccccc1)c1ccccc1. The number of aromatic nitrogens is 3. The van der Waals surface area contributed by atoms with Crippen LogP contribution >= 0.6 is 0 Å². The predicted octanol–water partition coefficient (Wildman–Crippen LogP) is 3.66. The van der Waals surface area contributed by atoms with Crippen molar-refractivity contribution in [2.75, 3.05) is 5.32 Å². The third-order valence-electron chi connectivity index (χ3n) is 5.43. The third kappa shape index (κ3) is 4.02. The Morgan fingerprint density at radius 1 is 1.06 bits per heavy atom. The smallest absolute Gasteiger partial charge is 0.296 e. The van der Waals surface area contributed by atoms with Gasteiger partial charge >= 0.3 is 0 Å². The molecule has 2 aromatic heterocycles. The number of nitrogens with one attached hydrogen (secondary N) is 1. The molecule has 2 aromatic carbocycles. The van der Waals surface area contributed by atoms with Gasteiger partial charge in [-0.2, -0.15) is 0 Å². The molecule has 0 aliphatic heterocycles. The average molecular weight is 430 g/mol. The van der Waals surface area contributed by atoms with Crippen LogP contribution in [0.4, 0.5) is 5.69 Å². The van der Waals surface area contributed by atoms with Crippen LogP contribution in [0.2, 0.25) is 0 Å². The van der Waals surface area contributed by atoms with E-state index in [-0.39, 0.29) is 23.2 Å². The Balaban J connectivity index is 1.81. The Hall–Kier alpha value is -4.20. The fourth-order valence-corrected chi connectivity index (χ4v) is 3.87. The quantitative estimate of drug-likeness (QED) is 0.483. The summed E-state index contributed by atoms with van der Waals surface area (Å²) in [6.07, 6.45) is 2.54. The van der Waals surface area contributed by atoms with Gasteiger partial charge in [0, 0.05) is 18.9 Å². The van der Waals surface area contributed by atoms with E-state index in [1.54, 1.807) is 0 Å². The number of benzene rings is 2. The second-order valence-corrected chi connectivity index (χ2v) is 7.49. The number of amides is 1. The molecule has 0 saturated heterocycles. The van der Waals surface area contributed by atoms with Crippen LogP contribution in [0.15, 0.2) is 82.4 Å². The minimum atomic E-state index is -0.729. The van der Waals surface area contributed by atoms with Crippen LogP contribution in [-0.4, -0.2) is 25.7 Å². The summed E-state index contributed by atoms with van der Waals surface area (Å²) in [5.41, 5.74) is 1.33. The summed E-state index contributed by atoms with van der Waals surface area (Å²) in [6, 6.07) is 19.8. The zero-order chi connectivity index (χ0) is 22.7. The number of carbonyl (C=O) groups is 1.